The summed E-state index contributed by atoms with van der Waals surface area (Å²) in [4.78, 5) is 20.6. The van der Waals surface area contributed by atoms with Crippen LogP contribution in [0.2, 0.25) is 0 Å². The molecule has 1 unspecified atom stereocenters. The highest BCUT2D eigenvalue weighted by atomic mass is 16.6. The van der Waals surface area contributed by atoms with E-state index in [-0.39, 0.29) is 12.0 Å². The van der Waals surface area contributed by atoms with Crippen LogP contribution >= 0.6 is 0 Å². The fourth-order valence-electron chi connectivity index (χ4n) is 3.00. The number of piperidine rings is 1. The van der Waals surface area contributed by atoms with Gasteiger partial charge in [-0.3, -0.25) is 4.90 Å². The number of carbonyl (C=O) groups is 1. The summed E-state index contributed by atoms with van der Waals surface area (Å²) in [5.74, 6) is 2.13. The summed E-state index contributed by atoms with van der Waals surface area (Å²) in [7, 11) is 1.81. The van der Waals surface area contributed by atoms with E-state index in [0.717, 1.165) is 31.8 Å². The van der Waals surface area contributed by atoms with E-state index >= 15 is 0 Å². The molecule has 7 heteroatoms. The molecule has 0 aromatic carbocycles. The zero-order valence-electron chi connectivity index (χ0n) is 16.4. The molecule has 1 fully saturated rings. The molecule has 1 aromatic rings. The van der Waals surface area contributed by atoms with Crippen LogP contribution in [0.3, 0.4) is 0 Å². The van der Waals surface area contributed by atoms with Crippen molar-refractivity contribution in [2.45, 2.75) is 65.5 Å². The molecule has 0 N–H and O–H groups in total. The van der Waals surface area contributed by atoms with Crippen molar-refractivity contribution in [2.75, 3.05) is 26.7 Å². The number of aromatic nitrogens is 2. The van der Waals surface area contributed by atoms with Crippen LogP contribution in [-0.2, 0) is 11.3 Å². The molecule has 1 aromatic heterocycles. The first-order valence-electron chi connectivity index (χ1n) is 9.13. The minimum atomic E-state index is -0.462. The molecule has 0 radical (unpaired) electrons. The Kier molecular flexibility index (Phi) is 6.43. The maximum atomic E-state index is 12.1. The molecule has 25 heavy (non-hydrogen) atoms. The Labute approximate surface area is 150 Å². The molecule has 1 atom stereocenters. The van der Waals surface area contributed by atoms with Crippen LogP contribution in [-0.4, -0.2) is 58.3 Å². The maximum absolute atomic E-state index is 12.1. The second kappa shape index (κ2) is 8.17. The van der Waals surface area contributed by atoms with Crippen LogP contribution < -0.4 is 0 Å². The second-order valence-electron chi connectivity index (χ2n) is 8.31. The highest BCUT2D eigenvalue weighted by Gasteiger charge is 2.26. The zero-order valence-corrected chi connectivity index (χ0v) is 16.4. The topological polar surface area (TPSA) is 71.7 Å². The van der Waals surface area contributed by atoms with Gasteiger partial charge >= 0.3 is 6.09 Å². The van der Waals surface area contributed by atoms with Gasteiger partial charge in [-0.1, -0.05) is 19.0 Å². The van der Waals surface area contributed by atoms with Crippen LogP contribution in [0.1, 0.15) is 65.1 Å². The molecule has 2 heterocycles. The predicted octanol–water partition coefficient (Wildman–Crippen LogP) is 3.27. The van der Waals surface area contributed by atoms with E-state index in [0.29, 0.717) is 24.9 Å². The summed E-state index contributed by atoms with van der Waals surface area (Å²) in [6.07, 6.45) is 1.96. The Morgan fingerprint density at radius 2 is 2.16 bits per heavy atom. The predicted molar refractivity (Wildman–Crippen MR) is 95.3 cm³/mol. The molecule has 0 spiro atoms. The Morgan fingerprint density at radius 3 is 2.76 bits per heavy atom. The molecule has 142 valence electrons. The highest BCUT2D eigenvalue weighted by Crippen LogP contribution is 2.20. The normalized spacial score (nSPS) is 19.2. The van der Waals surface area contributed by atoms with E-state index in [4.69, 9.17) is 9.26 Å². The van der Waals surface area contributed by atoms with Crippen molar-refractivity contribution in [1.29, 1.82) is 0 Å². The molecule has 1 aliphatic rings. The van der Waals surface area contributed by atoms with Crippen molar-refractivity contribution < 1.29 is 14.1 Å². The molecule has 7 nitrogen and oxygen atoms in total. The molecule has 2 rings (SSSR count). The van der Waals surface area contributed by atoms with Gasteiger partial charge in [0.25, 0.3) is 0 Å². The number of amides is 1. The standard InChI is InChI=1S/C18H32N4O3/c1-13(2)16-19-15(25-20-16)12-22-9-7-8-14(11-22)10-21(6)17(23)24-18(3,4)5/h13-14H,7-12H2,1-6H3. The fourth-order valence-corrected chi connectivity index (χ4v) is 3.00. The van der Waals surface area contributed by atoms with Gasteiger partial charge in [0.1, 0.15) is 5.60 Å². The van der Waals surface area contributed by atoms with Crippen molar-refractivity contribution in [3.63, 3.8) is 0 Å². The Morgan fingerprint density at radius 1 is 1.44 bits per heavy atom. The molecule has 1 amide bonds. The SMILES string of the molecule is CC(C)c1noc(CN2CCCC(CN(C)C(=O)OC(C)(C)C)C2)n1. The number of hydrogen-bond acceptors (Lipinski definition) is 6. The third-order valence-corrected chi connectivity index (χ3v) is 4.20. The lowest BCUT2D eigenvalue weighted by molar-refractivity contribution is 0.0238. The monoisotopic (exact) mass is 352 g/mol. The number of carbonyl (C=O) groups excluding carboxylic acids is 1. The van der Waals surface area contributed by atoms with Crippen LogP contribution in [0, 0.1) is 5.92 Å². The smallest absolute Gasteiger partial charge is 0.410 e. The summed E-state index contributed by atoms with van der Waals surface area (Å²) in [6, 6.07) is 0. The first-order valence-corrected chi connectivity index (χ1v) is 9.13. The Bertz CT molecular complexity index is 565. The van der Waals surface area contributed by atoms with Gasteiger partial charge in [0.15, 0.2) is 5.82 Å². The second-order valence-corrected chi connectivity index (χ2v) is 8.31. The molecular weight excluding hydrogens is 320 g/mol. The van der Waals surface area contributed by atoms with Crippen LogP contribution in [0.25, 0.3) is 0 Å². The van der Waals surface area contributed by atoms with E-state index in [1.807, 2.05) is 20.8 Å². The third kappa shape index (κ3) is 6.30. The van der Waals surface area contributed by atoms with E-state index < -0.39 is 5.60 Å². The van der Waals surface area contributed by atoms with Crippen molar-refractivity contribution in [1.82, 2.24) is 19.9 Å². The first-order chi connectivity index (χ1) is 11.6. The molecule has 0 saturated carbocycles. The summed E-state index contributed by atoms with van der Waals surface area (Å²) < 4.78 is 10.8. The summed E-state index contributed by atoms with van der Waals surface area (Å²) in [6.45, 7) is 13.1. The summed E-state index contributed by atoms with van der Waals surface area (Å²) >= 11 is 0. The lowest BCUT2D eigenvalue weighted by Crippen LogP contribution is -2.42. The number of rotatable bonds is 5. The van der Waals surface area contributed by atoms with Crippen LogP contribution in [0.4, 0.5) is 4.79 Å². The van der Waals surface area contributed by atoms with Gasteiger partial charge in [-0.15, -0.1) is 0 Å². The van der Waals surface area contributed by atoms with Gasteiger partial charge in [-0.25, -0.2) is 4.79 Å². The van der Waals surface area contributed by atoms with Gasteiger partial charge in [0.2, 0.25) is 5.89 Å². The molecule has 1 aliphatic heterocycles. The van der Waals surface area contributed by atoms with E-state index in [2.05, 4.69) is 28.9 Å². The quantitative estimate of drug-likeness (QED) is 0.810. The average molecular weight is 352 g/mol. The zero-order chi connectivity index (χ0) is 18.6. The lowest BCUT2D eigenvalue weighted by atomic mass is 9.97. The Balaban J connectivity index is 1.84. The summed E-state index contributed by atoms with van der Waals surface area (Å²) in [5, 5.41) is 4.02. The maximum Gasteiger partial charge on any atom is 0.410 e. The van der Waals surface area contributed by atoms with Crippen molar-refractivity contribution in [2.24, 2.45) is 5.92 Å². The average Bonchev–Trinajstić information content (AvgIpc) is 2.94. The number of hydrogen-bond donors (Lipinski definition) is 0. The van der Waals surface area contributed by atoms with Crippen molar-refractivity contribution in [3.8, 4) is 0 Å². The van der Waals surface area contributed by atoms with Gasteiger partial charge < -0.3 is 14.2 Å². The van der Waals surface area contributed by atoms with E-state index in [1.165, 1.54) is 0 Å². The number of nitrogens with zero attached hydrogens (tertiary/aromatic N) is 4. The Hall–Kier alpha value is -1.63. The highest BCUT2D eigenvalue weighted by molar-refractivity contribution is 5.67. The minimum absolute atomic E-state index is 0.261. The molecular formula is C18H32N4O3. The van der Waals surface area contributed by atoms with Gasteiger partial charge in [0, 0.05) is 26.1 Å². The molecule has 1 saturated heterocycles. The van der Waals surface area contributed by atoms with Gasteiger partial charge in [-0.2, -0.15) is 4.98 Å². The minimum Gasteiger partial charge on any atom is -0.444 e. The largest absolute Gasteiger partial charge is 0.444 e. The fraction of sp³-hybridized carbons (Fsp3) is 0.833. The van der Waals surface area contributed by atoms with Crippen LogP contribution in [0.5, 0.6) is 0 Å². The van der Waals surface area contributed by atoms with Crippen LogP contribution in [0.15, 0.2) is 4.52 Å². The summed E-state index contributed by atoms with van der Waals surface area (Å²) in [5.41, 5.74) is -0.462. The number of ether oxygens (including phenoxy) is 1. The molecule has 0 bridgehead atoms. The van der Waals surface area contributed by atoms with E-state index in [9.17, 15) is 4.79 Å². The lowest BCUT2D eigenvalue weighted by Gasteiger charge is -2.34. The van der Waals surface area contributed by atoms with Crippen molar-refractivity contribution in [3.05, 3.63) is 11.7 Å². The van der Waals surface area contributed by atoms with Crippen molar-refractivity contribution >= 4 is 6.09 Å². The first kappa shape index (κ1) is 19.7. The molecule has 0 aliphatic carbocycles. The van der Waals surface area contributed by atoms with Gasteiger partial charge in [-0.05, 0) is 46.1 Å². The van der Waals surface area contributed by atoms with Gasteiger partial charge in [0.05, 0.1) is 6.54 Å². The number of likely N-dealkylation sites (tertiary alicyclic amines) is 1. The van der Waals surface area contributed by atoms with E-state index in [1.54, 1.807) is 11.9 Å². The third-order valence-electron chi connectivity index (χ3n) is 4.20.